The van der Waals surface area contributed by atoms with Crippen LogP contribution in [0.4, 0.5) is 22.5 Å². The van der Waals surface area contributed by atoms with Gasteiger partial charge in [0.2, 0.25) is 0 Å². The number of carbonyl (C=O) groups excluding carboxylic acids is 1. The third kappa shape index (κ3) is 5.77. The lowest BCUT2D eigenvalue weighted by molar-refractivity contribution is 0.103. The molecule has 0 spiro atoms. The SMILES string of the molecule is Cc1nc(Nc2ncc(C(=O)Nc3cccc(Cl)c3C)s2)cc(N2CCN(CCO)CC2)n1. The number of halogens is 1. The fourth-order valence-electron chi connectivity index (χ4n) is 3.59. The van der Waals surface area contributed by atoms with E-state index in [-0.39, 0.29) is 12.5 Å². The third-order valence-electron chi connectivity index (χ3n) is 5.42. The fraction of sp³-hybridized carbons (Fsp3) is 0.364. The molecule has 1 aliphatic heterocycles. The number of rotatable bonds is 7. The van der Waals surface area contributed by atoms with Crippen molar-refractivity contribution in [2.24, 2.45) is 0 Å². The number of β-amino-alcohol motifs (C(OH)–C–C–N with tert-alkyl or cyclic N) is 1. The van der Waals surface area contributed by atoms with Gasteiger partial charge in [-0.25, -0.2) is 15.0 Å². The number of benzene rings is 1. The summed E-state index contributed by atoms with van der Waals surface area (Å²) in [5.41, 5.74) is 1.49. The molecular formula is C22H26ClN7O2S. The first-order valence-corrected chi connectivity index (χ1v) is 11.9. The molecule has 0 radical (unpaired) electrons. The van der Waals surface area contributed by atoms with E-state index in [1.165, 1.54) is 17.5 Å². The summed E-state index contributed by atoms with van der Waals surface area (Å²) in [6.45, 7) is 8.00. The summed E-state index contributed by atoms with van der Waals surface area (Å²) in [7, 11) is 0. The molecule has 9 nitrogen and oxygen atoms in total. The highest BCUT2D eigenvalue weighted by Gasteiger charge is 2.19. The average molecular weight is 488 g/mol. The number of thiazole rings is 1. The second-order valence-corrected chi connectivity index (χ2v) is 9.17. The maximum atomic E-state index is 12.7. The number of anilines is 4. The van der Waals surface area contributed by atoms with Crippen molar-refractivity contribution in [2.45, 2.75) is 13.8 Å². The Bertz CT molecular complexity index is 1130. The Hall–Kier alpha value is -2.79. The average Bonchev–Trinajstić information content (AvgIpc) is 3.26. The Morgan fingerprint density at radius 3 is 2.76 bits per heavy atom. The molecule has 11 heteroatoms. The van der Waals surface area contributed by atoms with E-state index in [1.807, 2.05) is 26.0 Å². The van der Waals surface area contributed by atoms with Gasteiger partial charge in [0, 0.05) is 49.5 Å². The van der Waals surface area contributed by atoms with Crippen molar-refractivity contribution >= 4 is 51.3 Å². The zero-order valence-corrected chi connectivity index (χ0v) is 20.1. The first-order valence-electron chi connectivity index (χ1n) is 10.7. The van der Waals surface area contributed by atoms with Crippen LogP contribution in [0.1, 0.15) is 21.1 Å². The second-order valence-electron chi connectivity index (χ2n) is 7.73. The van der Waals surface area contributed by atoms with Crippen LogP contribution in [0.3, 0.4) is 0 Å². The van der Waals surface area contributed by atoms with Gasteiger partial charge >= 0.3 is 0 Å². The summed E-state index contributed by atoms with van der Waals surface area (Å²) in [5.74, 6) is 1.88. The van der Waals surface area contributed by atoms with E-state index in [4.69, 9.17) is 16.7 Å². The smallest absolute Gasteiger partial charge is 0.267 e. The van der Waals surface area contributed by atoms with E-state index >= 15 is 0 Å². The number of aryl methyl sites for hydroxylation is 1. The van der Waals surface area contributed by atoms with Crippen LogP contribution in [0.2, 0.25) is 5.02 Å². The summed E-state index contributed by atoms with van der Waals surface area (Å²) < 4.78 is 0. The molecule has 2 aromatic heterocycles. The number of hydrogen-bond acceptors (Lipinski definition) is 9. The number of aliphatic hydroxyl groups excluding tert-OH is 1. The van der Waals surface area contributed by atoms with Crippen molar-refractivity contribution in [3.63, 3.8) is 0 Å². The lowest BCUT2D eigenvalue weighted by Gasteiger charge is -2.35. The zero-order chi connectivity index (χ0) is 23.4. The molecule has 0 bridgehead atoms. The molecule has 1 saturated heterocycles. The Balaban J connectivity index is 1.42. The molecule has 3 aromatic rings. The number of nitrogens with one attached hydrogen (secondary N) is 2. The van der Waals surface area contributed by atoms with Gasteiger partial charge in [-0.15, -0.1) is 0 Å². The third-order valence-corrected chi connectivity index (χ3v) is 6.74. The first-order chi connectivity index (χ1) is 15.9. The summed E-state index contributed by atoms with van der Waals surface area (Å²) in [6, 6.07) is 7.29. The van der Waals surface area contributed by atoms with Crippen LogP contribution in [0.5, 0.6) is 0 Å². The van der Waals surface area contributed by atoms with Crippen LogP contribution >= 0.6 is 22.9 Å². The van der Waals surface area contributed by atoms with Crippen molar-refractivity contribution in [3.8, 4) is 0 Å². The predicted octanol–water partition coefficient (Wildman–Crippen LogP) is 3.31. The number of carbonyl (C=O) groups is 1. The van der Waals surface area contributed by atoms with Crippen molar-refractivity contribution in [2.75, 3.05) is 54.9 Å². The second kappa shape index (κ2) is 10.4. The Kier molecular flexibility index (Phi) is 7.39. The quantitative estimate of drug-likeness (QED) is 0.466. The van der Waals surface area contributed by atoms with Crippen molar-refractivity contribution in [1.29, 1.82) is 0 Å². The Labute approximate surface area is 201 Å². The van der Waals surface area contributed by atoms with Gasteiger partial charge in [-0.1, -0.05) is 29.0 Å². The van der Waals surface area contributed by atoms with Crippen LogP contribution in [0.25, 0.3) is 0 Å². The highest BCUT2D eigenvalue weighted by molar-refractivity contribution is 7.17. The molecule has 3 heterocycles. The molecule has 1 fully saturated rings. The number of aromatic nitrogens is 3. The molecule has 4 rings (SSSR count). The fourth-order valence-corrected chi connectivity index (χ4v) is 4.49. The molecule has 1 amide bonds. The number of hydrogen-bond donors (Lipinski definition) is 3. The van der Waals surface area contributed by atoms with Crippen LogP contribution < -0.4 is 15.5 Å². The van der Waals surface area contributed by atoms with Gasteiger partial charge in [0.15, 0.2) is 5.13 Å². The van der Waals surface area contributed by atoms with E-state index in [2.05, 4.69) is 35.4 Å². The molecule has 1 aliphatic rings. The van der Waals surface area contributed by atoms with E-state index < -0.39 is 0 Å². The summed E-state index contributed by atoms with van der Waals surface area (Å²) in [4.78, 5) is 31.0. The van der Waals surface area contributed by atoms with Crippen LogP contribution in [0.15, 0.2) is 30.5 Å². The lowest BCUT2D eigenvalue weighted by Crippen LogP contribution is -2.47. The van der Waals surface area contributed by atoms with Crippen LogP contribution in [-0.4, -0.2) is 70.2 Å². The Morgan fingerprint density at radius 1 is 1.21 bits per heavy atom. The molecule has 0 saturated carbocycles. The number of piperazine rings is 1. The Morgan fingerprint density at radius 2 is 2.00 bits per heavy atom. The standard InChI is InChI=1S/C22H26ClN7O2S/c1-14-16(23)4-3-5-17(14)27-21(32)18-13-24-22(33-18)28-19-12-20(26-15(2)25-19)30-8-6-29(7-9-30)10-11-31/h3-5,12-13,31H,6-11H2,1-2H3,(H,27,32)(H,24,25,26,28). The summed E-state index contributed by atoms with van der Waals surface area (Å²) in [5, 5.41) is 16.4. The predicted molar refractivity (Wildman–Crippen MR) is 132 cm³/mol. The summed E-state index contributed by atoms with van der Waals surface area (Å²) in [6.07, 6.45) is 1.54. The van der Waals surface area contributed by atoms with Crippen LogP contribution in [0, 0.1) is 13.8 Å². The van der Waals surface area contributed by atoms with Gasteiger partial charge < -0.3 is 20.6 Å². The number of amides is 1. The van der Waals surface area contributed by atoms with E-state index in [9.17, 15) is 4.79 Å². The van der Waals surface area contributed by atoms with Gasteiger partial charge in [0.25, 0.3) is 5.91 Å². The van der Waals surface area contributed by atoms with Crippen molar-refractivity contribution in [3.05, 3.63) is 51.7 Å². The monoisotopic (exact) mass is 487 g/mol. The van der Waals surface area contributed by atoms with Gasteiger partial charge in [-0.3, -0.25) is 9.69 Å². The molecule has 0 atom stereocenters. The molecule has 33 heavy (non-hydrogen) atoms. The molecule has 174 valence electrons. The molecule has 0 aliphatic carbocycles. The van der Waals surface area contributed by atoms with Gasteiger partial charge in [0.1, 0.15) is 22.3 Å². The number of nitrogens with zero attached hydrogens (tertiary/aromatic N) is 5. The highest BCUT2D eigenvalue weighted by Crippen LogP contribution is 2.27. The summed E-state index contributed by atoms with van der Waals surface area (Å²) >= 11 is 7.39. The minimum atomic E-state index is -0.244. The molecule has 0 unspecified atom stereocenters. The van der Waals surface area contributed by atoms with E-state index in [1.54, 1.807) is 12.1 Å². The molecule has 1 aromatic carbocycles. The van der Waals surface area contributed by atoms with Gasteiger partial charge in [-0.05, 0) is 31.5 Å². The van der Waals surface area contributed by atoms with E-state index in [0.29, 0.717) is 38.9 Å². The largest absolute Gasteiger partial charge is 0.395 e. The lowest BCUT2D eigenvalue weighted by atomic mass is 10.2. The van der Waals surface area contributed by atoms with Crippen LogP contribution in [-0.2, 0) is 0 Å². The first kappa shape index (κ1) is 23.4. The van der Waals surface area contributed by atoms with Gasteiger partial charge in [0.05, 0.1) is 12.8 Å². The molecular weight excluding hydrogens is 462 g/mol. The normalized spacial score (nSPS) is 14.4. The highest BCUT2D eigenvalue weighted by atomic mass is 35.5. The van der Waals surface area contributed by atoms with Gasteiger partial charge in [-0.2, -0.15) is 0 Å². The zero-order valence-electron chi connectivity index (χ0n) is 18.5. The minimum absolute atomic E-state index is 0.174. The maximum absolute atomic E-state index is 12.7. The topological polar surface area (TPSA) is 107 Å². The van der Waals surface area contributed by atoms with E-state index in [0.717, 1.165) is 37.6 Å². The maximum Gasteiger partial charge on any atom is 0.267 e. The van der Waals surface area contributed by atoms with Crippen molar-refractivity contribution in [1.82, 2.24) is 19.9 Å². The minimum Gasteiger partial charge on any atom is -0.395 e. The number of aliphatic hydroxyl groups is 1. The molecule has 3 N–H and O–H groups in total. The van der Waals surface area contributed by atoms with Crippen molar-refractivity contribution < 1.29 is 9.90 Å².